The van der Waals surface area contributed by atoms with Crippen LogP contribution in [0.5, 0.6) is 0 Å². The van der Waals surface area contributed by atoms with Gasteiger partial charge in [0, 0.05) is 10.7 Å². The second kappa shape index (κ2) is 7.14. The molecule has 0 heterocycles. The van der Waals surface area contributed by atoms with Crippen LogP contribution in [-0.2, 0) is 16.0 Å². The van der Waals surface area contributed by atoms with E-state index in [9.17, 15) is 4.79 Å². The Morgan fingerprint density at radius 3 is 3.00 bits per heavy atom. The van der Waals surface area contributed by atoms with E-state index in [0.717, 1.165) is 12.0 Å². The van der Waals surface area contributed by atoms with Gasteiger partial charge in [-0.25, -0.2) is 0 Å². The molecule has 94 valence electrons. The van der Waals surface area contributed by atoms with Gasteiger partial charge in [-0.2, -0.15) is 0 Å². The van der Waals surface area contributed by atoms with Crippen LogP contribution in [0.4, 0.5) is 5.69 Å². The maximum absolute atomic E-state index is 11.0. The van der Waals surface area contributed by atoms with E-state index in [-0.39, 0.29) is 12.5 Å². The summed E-state index contributed by atoms with van der Waals surface area (Å²) in [5.74, 6) is -0.244. The minimum Gasteiger partial charge on any atom is -0.465 e. The van der Waals surface area contributed by atoms with Gasteiger partial charge in [-0.1, -0.05) is 11.6 Å². The first kappa shape index (κ1) is 13.8. The molecule has 1 rings (SSSR count). The fourth-order valence-corrected chi connectivity index (χ4v) is 1.61. The number of hydrogen-bond acceptors (Lipinski definition) is 4. The molecule has 17 heavy (non-hydrogen) atoms. The number of halogens is 1. The number of carbonyl (C=O) groups is 1. The lowest BCUT2D eigenvalue weighted by Crippen LogP contribution is -2.26. The van der Waals surface area contributed by atoms with Crippen LogP contribution < -0.4 is 11.1 Å². The maximum atomic E-state index is 11.0. The molecule has 0 aromatic heterocycles. The van der Waals surface area contributed by atoms with Crippen molar-refractivity contribution in [2.24, 2.45) is 0 Å². The molecule has 0 atom stereocenters. The smallest absolute Gasteiger partial charge is 0.319 e. The Balaban J connectivity index is 2.31. The number of benzene rings is 1. The molecule has 4 nitrogen and oxygen atoms in total. The Hall–Kier alpha value is -1.26. The summed E-state index contributed by atoms with van der Waals surface area (Å²) in [5, 5.41) is 3.66. The molecule has 0 radical (unpaired) electrons. The Labute approximate surface area is 106 Å². The lowest BCUT2D eigenvalue weighted by atomic mass is 10.1. The zero-order chi connectivity index (χ0) is 12.7. The van der Waals surface area contributed by atoms with Gasteiger partial charge in [-0.05, 0) is 43.7 Å². The Morgan fingerprint density at radius 1 is 1.53 bits per heavy atom. The highest BCUT2D eigenvalue weighted by Gasteiger charge is 2.02. The zero-order valence-corrected chi connectivity index (χ0v) is 10.6. The van der Waals surface area contributed by atoms with Gasteiger partial charge in [0.05, 0.1) is 13.2 Å². The molecule has 0 saturated carbocycles. The highest BCUT2D eigenvalue weighted by Crippen LogP contribution is 2.17. The van der Waals surface area contributed by atoms with Crippen LogP contribution in [0.15, 0.2) is 18.2 Å². The van der Waals surface area contributed by atoms with Gasteiger partial charge in [0.25, 0.3) is 0 Å². The van der Waals surface area contributed by atoms with Gasteiger partial charge in [-0.3, -0.25) is 4.79 Å². The first-order valence-corrected chi connectivity index (χ1v) is 5.91. The normalized spacial score (nSPS) is 10.2. The van der Waals surface area contributed by atoms with Crippen molar-refractivity contribution in [1.29, 1.82) is 0 Å². The molecule has 0 aliphatic heterocycles. The monoisotopic (exact) mass is 256 g/mol. The van der Waals surface area contributed by atoms with E-state index in [1.165, 1.54) is 0 Å². The van der Waals surface area contributed by atoms with Crippen LogP contribution >= 0.6 is 11.6 Å². The van der Waals surface area contributed by atoms with Crippen LogP contribution in [0.3, 0.4) is 0 Å². The Morgan fingerprint density at radius 2 is 2.29 bits per heavy atom. The zero-order valence-electron chi connectivity index (χ0n) is 9.83. The second-order valence-corrected chi connectivity index (χ2v) is 4.01. The number of nitrogens with two attached hydrogens (primary N) is 1. The highest BCUT2D eigenvalue weighted by atomic mass is 35.5. The largest absolute Gasteiger partial charge is 0.465 e. The number of hydrogen-bond donors (Lipinski definition) is 2. The highest BCUT2D eigenvalue weighted by molar-refractivity contribution is 6.30. The molecular formula is C12H17ClN2O2. The minimum atomic E-state index is -0.244. The van der Waals surface area contributed by atoms with Gasteiger partial charge in [0.2, 0.25) is 0 Å². The predicted octanol–water partition coefficient (Wildman–Crippen LogP) is 1.62. The summed E-state index contributed by atoms with van der Waals surface area (Å²) in [7, 11) is 0. The van der Waals surface area contributed by atoms with Crippen LogP contribution in [0.1, 0.15) is 12.5 Å². The van der Waals surface area contributed by atoms with Crippen molar-refractivity contribution in [3.8, 4) is 0 Å². The molecule has 0 amide bonds. The molecule has 0 aliphatic carbocycles. The van der Waals surface area contributed by atoms with Crippen LogP contribution in [-0.4, -0.2) is 25.7 Å². The second-order valence-electron chi connectivity index (χ2n) is 3.57. The van der Waals surface area contributed by atoms with Crippen LogP contribution in [0.2, 0.25) is 5.02 Å². The van der Waals surface area contributed by atoms with Gasteiger partial charge >= 0.3 is 5.97 Å². The summed E-state index contributed by atoms with van der Waals surface area (Å²) < 4.78 is 4.79. The molecule has 3 N–H and O–H groups in total. The molecule has 5 heteroatoms. The summed E-state index contributed by atoms with van der Waals surface area (Å²) in [4.78, 5) is 11.0. The molecule has 0 fully saturated rings. The lowest BCUT2D eigenvalue weighted by Gasteiger charge is -2.07. The summed E-state index contributed by atoms with van der Waals surface area (Å²) in [6.45, 7) is 3.06. The molecule has 0 unspecified atom stereocenters. The van der Waals surface area contributed by atoms with Gasteiger partial charge in [0.1, 0.15) is 0 Å². The van der Waals surface area contributed by atoms with Crippen molar-refractivity contribution in [3.05, 3.63) is 28.8 Å². The molecule has 1 aromatic rings. The quantitative estimate of drug-likeness (QED) is 0.461. The van der Waals surface area contributed by atoms with Gasteiger partial charge < -0.3 is 15.8 Å². The lowest BCUT2D eigenvalue weighted by molar-refractivity contribution is -0.141. The average molecular weight is 257 g/mol. The van der Waals surface area contributed by atoms with E-state index in [1.807, 2.05) is 6.07 Å². The SMILES string of the molecule is CCOC(=O)CNCCc1cc(Cl)ccc1N. The fraction of sp³-hybridized carbons (Fsp3) is 0.417. The van der Waals surface area contributed by atoms with Crippen LogP contribution in [0, 0.1) is 0 Å². The number of anilines is 1. The standard InChI is InChI=1S/C12H17ClN2O2/c1-2-17-12(16)8-15-6-5-9-7-10(13)3-4-11(9)14/h3-4,7,15H,2,5-6,8,14H2,1H3. The Bertz CT molecular complexity index is 383. The van der Waals surface area contributed by atoms with Gasteiger partial charge in [0.15, 0.2) is 0 Å². The number of nitrogens with one attached hydrogen (secondary N) is 1. The third-order valence-electron chi connectivity index (χ3n) is 2.25. The number of carbonyl (C=O) groups excluding carboxylic acids is 1. The van der Waals surface area contributed by atoms with Crippen molar-refractivity contribution in [3.63, 3.8) is 0 Å². The molecular weight excluding hydrogens is 240 g/mol. The van der Waals surface area contributed by atoms with E-state index in [2.05, 4.69) is 5.32 Å². The average Bonchev–Trinajstić information content (AvgIpc) is 2.29. The molecule has 0 spiro atoms. The predicted molar refractivity (Wildman–Crippen MR) is 69.1 cm³/mol. The summed E-state index contributed by atoms with van der Waals surface area (Å²) in [5.41, 5.74) is 7.50. The third-order valence-corrected chi connectivity index (χ3v) is 2.49. The molecule has 0 aliphatic rings. The summed E-state index contributed by atoms with van der Waals surface area (Å²) >= 11 is 5.87. The first-order chi connectivity index (χ1) is 8.13. The molecule has 0 bridgehead atoms. The van der Waals surface area contributed by atoms with Crippen molar-refractivity contribution in [2.75, 3.05) is 25.4 Å². The van der Waals surface area contributed by atoms with E-state index >= 15 is 0 Å². The Kier molecular flexibility index (Phi) is 5.80. The number of rotatable bonds is 6. The molecule has 0 saturated heterocycles. The number of ether oxygens (including phenoxy) is 1. The van der Waals surface area contributed by atoms with E-state index in [4.69, 9.17) is 22.1 Å². The summed E-state index contributed by atoms with van der Waals surface area (Å²) in [6, 6.07) is 5.37. The fourth-order valence-electron chi connectivity index (χ4n) is 1.42. The summed E-state index contributed by atoms with van der Waals surface area (Å²) in [6.07, 6.45) is 0.728. The van der Waals surface area contributed by atoms with Crippen molar-refractivity contribution in [2.45, 2.75) is 13.3 Å². The van der Waals surface area contributed by atoms with Crippen molar-refractivity contribution >= 4 is 23.3 Å². The van der Waals surface area contributed by atoms with Crippen LogP contribution in [0.25, 0.3) is 0 Å². The third kappa shape index (κ3) is 5.06. The van der Waals surface area contributed by atoms with Crippen molar-refractivity contribution < 1.29 is 9.53 Å². The van der Waals surface area contributed by atoms with E-state index in [0.29, 0.717) is 23.9 Å². The first-order valence-electron chi connectivity index (χ1n) is 5.53. The minimum absolute atomic E-state index is 0.217. The molecule has 1 aromatic carbocycles. The van der Waals surface area contributed by atoms with Gasteiger partial charge in [-0.15, -0.1) is 0 Å². The van der Waals surface area contributed by atoms with Crippen molar-refractivity contribution in [1.82, 2.24) is 5.32 Å². The van der Waals surface area contributed by atoms with E-state index < -0.39 is 0 Å². The number of nitrogen functional groups attached to an aromatic ring is 1. The van der Waals surface area contributed by atoms with E-state index in [1.54, 1.807) is 19.1 Å². The topological polar surface area (TPSA) is 64.3 Å². The number of esters is 1. The maximum Gasteiger partial charge on any atom is 0.319 e.